The molecular formula is C13H16N2O2. The molecule has 4 heteroatoms. The number of hydrogen-bond donors (Lipinski definition) is 1. The Balaban J connectivity index is 2.33. The highest BCUT2D eigenvalue weighted by Crippen LogP contribution is 2.27. The molecule has 1 aliphatic heterocycles. The number of primary amides is 1. The molecular weight excluding hydrogens is 216 g/mol. The monoisotopic (exact) mass is 232 g/mol. The van der Waals surface area contributed by atoms with Gasteiger partial charge in [-0.15, -0.1) is 0 Å². The molecule has 0 spiro atoms. The van der Waals surface area contributed by atoms with Gasteiger partial charge in [0.05, 0.1) is 6.54 Å². The summed E-state index contributed by atoms with van der Waals surface area (Å²) in [6.07, 6.45) is 1.94. The number of nitrogens with zero attached hydrogens (tertiary/aromatic N) is 1. The number of nitrogens with two attached hydrogens (primary N) is 1. The summed E-state index contributed by atoms with van der Waals surface area (Å²) < 4.78 is 0. The summed E-state index contributed by atoms with van der Waals surface area (Å²) in [6, 6.07) is 5.64. The Morgan fingerprint density at radius 3 is 2.82 bits per heavy atom. The highest BCUT2D eigenvalue weighted by Gasteiger charge is 2.18. The van der Waals surface area contributed by atoms with Crippen LogP contribution in [-0.4, -0.2) is 24.8 Å². The number of Topliss-reactive ketones (excluding diaryl/α,β-unsaturated/α-hetero) is 1. The second kappa shape index (κ2) is 4.57. The lowest BCUT2D eigenvalue weighted by Gasteiger charge is -2.30. The summed E-state index contributed by atoms with van der Waals surface area (Å²) in [5, 5.41) is 0. The maximum atomic E-state index is 11.3. The van der Waals surface area contributed by atoms with Gasteiger partial charge in [-0.3, -0.25) is 9.59 Å². The van der Waals surface area contributed by atoms with E-state index in [1.807, 2.05) is 17.0 Å². The van der Waals surface area contributed by atoms with E-state index in [2.05, 4.69) is 0 Å². The van der Waals surface area contributed by atoms with Gasteiger partial charge in [-0.25, -0.2) is 0 Å². The van der Waals surface area contributed by atoms with E-state index in [0.717, 1.165) is 36.2 Å². The van der Waals surface area contributed by atoms with Crippen molar-refractivity contribution in [3.05, 3.63) is 29.3 Å². The standard InChI is InChI=1S/C13H16N2O2/c1-9(16)10-4-5-12-11(7-10)3-2-6-15(12)8-13(14)17/h4-5,7H,2-3,6,8H2,1H3,(H2,14,17). The van der Waals surface area contributed by atoms with Crippen molar-refractivity contribution < 1.29 is 9.59 Å². The molecule has 4 nitrogen and oxygen atoms in total. The maximum Gasteiger partial charge on any atom is 0.236 e. The average Bonchev–Trinajstić information content (AvgIpc) is 2.28. The first kappa shape index (κ1) is 11.6. The first-order chi connectivity index (χ1) is 8.08. The Morgan fingerprint density at radius 2 is 2.18 bits per heavy atom. The van der Waals surface area contributed by atoms with Crippen LogP contribution in [0.15, 0.2) is 18.2 Å². The third-order valence-corrected chi connectivity index (χ3v) is 3.05. The molecule has 0 aromatic heterocycles. The van der Waals surface area contributed by atoms with Crippen LogP contribution in [-0.2, 0) is 11.2 Å². The van der Waals surface area contributed by atoms with Crippen molar-refractivity contribution in [2.45, 2.75) is 19.8 Å². The van der Waals surface area contributed by atoms with E-state index in [0.29, 0.717) is 0 Å². The Kier molecular flexibility index (Phi) is 3.13. The quantitative estimate of drug-likeness (QED) is 0.794. The molecule has 1 aliphatic rings. The van der Waals surface area contributed by atoms with E-state index < -0.39 is 0 Å². The van der Waals surface area contributed by atoms with Crippen molar-refractivity contribution in [2.75, 3.05) is 18.0 Å². The molecule has 0 fully saturated rings. The fraction of sp³-hybridized carbons (Fsp3) is 0.385. The summed E-state index contributed by atoms with van der Waals surface area (Å²) in [7, 11) is 0. The van der Waals surface area contributed by atoms with Gasteiger partial charge in [0, 0.05) is 17.8 Å². The molecule has 0 bridgehead atoms. The van der Waals surface area contributed by atoms with Gasteiger partial charge < -0.3 is 10.6 Å². The lowest BCUT2D eigenvalue weighted by atomic mass is 9.98. The number of aryl methyl sites for hydroxylation is 1. The molecule has 1 amide bonds. The number of anilines is 1. The molecule has 2 N–H and O–H groups in total. The number of rotatable bonds is 3. The summed E-state index contributed by atoms with van der Waals surface area (Å²) in [6.45, 7) is 2.65. The van der Waals surface area contributed by atoms with Crippen molar-refractivity contribution >= 4 is 17.4 Å². The second-order valence-electron chi connectivity index (χ2n) is 4.39. The number of carbonyl (C=O) groups excluding carboxylic acids is 2. The topological polar surface area (TPSA) is 63.4 Å². The third-order valence-electron chi connectivity index (χ3n) is 3.05. The van der Waals surface area contributed by atoms with Gasteiger partial charge in [0.2, 0.25) is 5.91 Å². The zero-order chi connectivity index (χ0) is 12.4. The predicted octanol–water partition coefficient (Wildman–Crippen LogP) is 1.13. The normalized spacial score (nSPS) is 14.3. The highest BCUT2D eigenvalue weighted by molar-refractivity contribution is 5.95. The predicted molar refractivity (Wildman–Crippen MR) is 66.2 cm³/mol. The van der Waals surface area contributed by atoms with Crippen LogP contribution in [0.25, 0.3) is 0 Å². The summed E-state index contributed by atoms with van der Waals surface area (Å²) in [5.41, 5.74) is 8.11. The minimum atomic E-state index is -0.325. The van der Waals surface area contributed by atoms with E-state index in [9.17, 15) is 9.59 Å². The van der Waals surface area contributed by atoms with Gasteiger partial charge in [-0.2, -0.15) is 0 Å². The molecule has 0 radical (unpaired) electrons. The Labute approximate surface area is 100 Å². The summed E-state index contributed by atoms with van der Waals surface area (Å²) >= 11 is 0. The number of hydrogen-bond acceptors (Lipinski definition) is 3. The fourth-order valence-corrected chi connectivity index (χ4v) is 2.25. The van der Waals surface area contributed by atoms with Crippen LogP contribution >= 0.6 is 0 Å². The van der Waals surface area contributed by atoms with Crippen molar-refractivity contribution in [1.82, 2.24) is 0 Å². The van der Waals surface area contributed by atoms with E-state index in [1.165, 1.54) is 0 Å². The van der Waals surface area contributed by atoms with E-state index in [-0.39, 0.29) is 18.2 Å². The second-order valence-corrected chi connectivity index (χ2v) is 4.39. The molecule has 0 aliphatic carbocycles. The number of amides is 1. The Bertz CT molecular complexity index is 468. The van der Waals surface area contributed by atoms with Crippen LogP contribution in [0.5, 0.6) is 0 Å². The third kappa shape index (κ3) is 2.46. The molecule has 2 rings (SSSR count). The SMILES string of the molecule is CC(=O)c1ccc2c(c1)CCCN2CC(N)=O. The van der Waals surface area contributed by atoms with Crippen LogP contribution in [0.2, 0.25) is 0 Å². The zero-order valence-corrected chi connectivity index (χ0v) is 9.90. The molecule has 0 atom stereocenters. The molecule has 17 heavy (non-hydrogen) atoms. The summed E-state index contributed by atoms with van der Waals surface area (Å²) in [5.74, 6) is -0.256. The van der Waals surface area contributed by atoms with Gasteiger partial charge in [-0.1, -0.05) is 0 Å². The van der Waals surface area contributed by atoms with Gasteiger partial charge in [0.25, 0.3) is 0 Å². The van der Waals surface area contributed by atoms with Crippen molar-refractivity contribution in [3.63, 3.8) is 0 Å². The minimum Gasteiger partial charge on any atom is -0.368 e. The van der Waals surface area contributed by atoms with Crippen molar-refractivity contribution in [3.8, 4) is 0 Å². The van der Waals surface area contributed by atoms with Gasteiger partial charge in [0.1, 0.15) is 0 Å². The van der Waals surface area contributed by atoms with E-state index in [4.69, 9.17) is 5.73 Å². The molecule has 1 heterocycles. The Hall–Kier alpha value is -1.84. The molecule has 1 aromatic carbocycles. The average molecular weight is 232 g/mol. The molecule has 0 saturated carbocycles. The first-order valence-electron chi connectivity index (χ1n) is 5.75. The number of fused-ring (bicyclic) bond motifs is 1. The van der Waals surface area contributed by atoms with Crippen LogP contribution in [0, 0.1) is 0 Å². The lowest BCUT2D eigenvalue weighted by Crippen LogP contribution is -2.37. The Morgan fingerprint density at radius 1 is 1.41 bits per heavy atom. The van der Waals surface area contributed by atoms with Crippen LogP contribution in [0.1, 0.15) is 29.3 Å². The number of ketones is 1. The maximum absolute atomic E-state index is 11.3. The van der Waals surface area contributed by atoms with E-state index in [1.54, 1.807) is 13.0 Å². The molecule has 0 saturated heterocycles. The molecule has 0 unspecified atom stereocenters. The van der Waals surface area contributed by atoms with Gasteiger partial charge in [-0.05, 0) is 43.5 Å². The van der Waals surface area contributed by atoms with Gasteiger partial charge in [0.15, 0.2) is 5.78 Å². The van der Waals surface area contributed by atoms with Crippen molar-refractivity contribution in [1.29, 1.82) is 0 Å². The number of carbonyl (C=O) groups is 2. The smallest absolute Gasteiger partial charge is 0.236 e. The lowest BCUT2D eigenvalue weighted by molar-refractivity contribution is -0.116. The van der Waals surface area contributed by atoms with Crippen LogP contribution < -0.4 is 10.6 Å². The number of benzene rings is 1. The highest BCUT2D eigenvalue weighted by atomic mass is 16.1. The van der Waals surface area contributed by atoms with E-state index >= 15 is 0 Å². The first-order valence-corrected chi connectivity index (χ1v) is 5.75. The minimum absolute atomic E-state index is 0.0693. The molecule has 1 aromatic rings. The van der Waals surface area contributed by atoms with Crippen molar-refractivity contribution in [2.24, 2.45) is 5.73 Å². The zero-order valence-electron chi connectivity index (χ0n) is 9.90. The largest absolute Gasteiger partial charge is 0.368 e. The van der Waals surface area contributed by atoms with Crippen LogP contribution in [0.3, 0.4) is 0 Å². The summed E-state index contributed by atoms with van der Waals surface area (Å²) in [4.78, 5) is 24.3. The van der Waals surface area contributed by atoms with Gasteiger partial charge >= 0.3 is 0 Å². The molecule has 90 valence electrons. The fourth-order valence-electron chi connectivity index (χ4n) is 2.25. The van der Waals surface area contributed by atoms with Crippen LogP contribution in [0.4, 0.5) is 5.69 Å².